The van der Waals surface area contributed by atoms with Crippen LogP contribution in [-0.4, -0.2) is 46.3 Å². The van der Waals surface area contributed by atoms with Crippen molar-refractivity contribution in [3.63, 3.8) is 0 Å². The smallest absolute Gasteiger partial charge is 0.151 e. The number of hydrogen-bond donors (Lipinski definition) is 0. The first-order valence-corrected chi connectivity index (χ1v) is 7.05. The van der Waals surface area contributed by atoms with E-state index in [-0.39, 0.29) is 0 Å². The molecule has 0 aromatic carbocycles. The van der Waals surface area contributed by atoms with Gasteiger partial charge < -0.3 is 4.90 Å². The van der Waals surface area contributed by atoms with Gasteiger partial charge in [-0.25, -0.2) is 4.98 Å². The van der Waals surface area contributed by atoms with Crippen LogP contribution in [0.1, 0.15) is 5.69 Å². The monoisotopic (exact) mass is 289 g/mol. The van der Waals surface area contributed by atoms with E-state index in [1.54, 1.807) is 6.07 Å². The Morgan fingerprint density at radius 1 is 1.00 bits per heavy atom. The maximum atomic E-state index is 5.74. The predicted molar refractivity (Wildman–Crippen MR) is 78.8 cm³/mol. The van der Waals surface area contributed by atoms with Crippen molar-refractivity contribution in [2.24, 2.45) is 0 Å². The van der Waals surface area contributed by atoms with E-state index >= 15 is 0 Å². The van der Waals surface area contributed by atoms with E-state index < -0.39 is 0 Å². The minimum atomic E-state index is 0.439. The summed E-state index contributed by atoms with van der Waals surface area (Å²) in [5, 5.41) is 8.41. The zero-order valence-electron chi connectivity index (χ0n) is 11.1. The Bertz CT molecular complexity index is 537. The third kappa shape index (κ3) is 3.23. The van der Waals surface area contributed by atoms with Crippen LogP contribution in [0.25, 0.3) is 0 Å². The Kier molecular flexibility index (Phi) is 4.08. The third-order valence-electron chi connectivity index (χ3n) is 3.42. The molecule has 0 atom stereocenters. The van der Waals surface area contributed by atoms with Gasteiger partial charge in [0, 0.05) is 38.9 Å². The molecular formula is C14H16ClN5. The molecule has 0 saturated carbocycles. The lowest BCUT2D eigenvalue weighted by Crippen LogP contribution is -2.46. The molecule has 1 aliphatic rings. The number of anilines is 1. The van der Waals surface area contributed by atoms with Crippen LogP contribution in [0, 0.1) is 0 Å². The molecule has 0 N–H and O–H groups in total. The molecule has 2 aromatic rings. The molecule has 0 unspecified atom stereocenters. The Morgan fingerprint density at radius 3 is 2.50 bits per heavy atom. The van der Waals surface area contributed by atoms with Crippen molar-refractivity contribution < 1.29 is 0 Å². The number of aromatic nitrogens is 3. The largest absolute Gasteiger partial charge is 0.354 e. The van der Waals surface area contributed by atoms with Crippen molar-refractivity contribution in [2.45, 2.75) is 6.54 Å². The van der Waals surface area contributed by atoms with Crippen LogP contribution in [0.4, 0.5) is 5.82 Å². The van der Waals surface area contributed by atoms with Crippen molar-refractivity contribution in [2.75, 3.05) is 31.1 Å². The number of nitrogens with zero attached hydrogens (tertiary/aromatic N) is 5. The molecule has 1 fully saturated rings. The van der Waals surface area contributed by atoms with Crippen LogP contribution in [0.15, 0.2) is 36.5 Å². The van der Waals surface area contributed by atoms with Gasteiger partial charge in [0.15, 0.2) is 5.15 Å². The number of hydrogen-bond acceptors (Lipinski definition) is 5. The average molecular weight is 290 g/mol. The first-order valence-electron chi connectivity index (χ1n) is 6.68. The van der Waals surface area contributed by atoms with E-state index in [2.05, 4.69) is 31.0 Å². The number of pyridine rings is 1. The summed E-state index contributed by atoms with van der Waals surface area (Å²) in [5.41, 5.74) is 0.959. The van der Waals surface area contributed by atoms with Gasteiger partial charge in [0.25, 0.3) is 0 Å². The molecule has 20 heavy (non-hydrogen) atoms. The highest BCUT2D eigenvalue weighted by atomic mass is 35.5. The van der Waals surface area contributed by atoms with Gasteiger partial charge in [0.05, 0.1) is 5.69 Å². The Morgan fingerprint density at radius 2 is 1.85 bits per heavy atom. The first kappa shape index (κ1) is 13.3. The fourth-order valence-electron chi connectivity index (χ4n) is 2.33. The summed E-state index contributed by atoms with van der Waals surface area (Å²) in [7, 11) is 0. The molecule has 104 valence electrons. The number of halogens is 1. The van der Waals surface area contributed by atoms with E-state index in [0.29, 0.717) is 5.15 Å². The van der Waals surface area contributed by atoms with Crippen LogP contribution in [0.5, 0.6) is 0 Å². The second-order valence-electron chi connectivity index (χ2n) is 4.80. The molecule has 1 aliphatic heterocycles. The van der Waals surface area contributed by atoms with Gasteiger partial charge >= 0.3 is 0 Å². The molecule has 6 heteroatoms. The van der Waals surface area contributed by atoms with Crippen LogP contribution in [0.2, 0.25) is 5.15 Å². The average Bonchev–Trinajstić information content (AvgIpc) is 2.51. The van der Waals surface area contributed by atoms with Crippen LogP contribution in [-0.2, 0) is 6.54 Å². The van der Waals surface area contributed by atoms with Crippen molar-refractivity contribution >= 4 is 17.4 Å². The Balaban J connectivity index is 1.55. The fourth-order valence-corrected chi connectivity index (χ4v) is 2.43. The Hall–Kier alpha value is -1.72. The summed E-state index contributed by atoms with van der Waals surface area (Å²) in [6.45, 7) is 4.79. The fraction of sp³-hybridized carbons (Fsp3) is 0.357. The van der Waals surface area contributed by atoms with Crippen molar-refractivity contribution in [1.29, 1.82) is 0 Å². The van der Waals surface area contributed by atoms with Crippen LogP contribution < -0.4 is 4.90 Å². The Labute approximate surface area is 123 Å². The number of piperazine rings is 1. The quantitative estimate of drug-likeness (QED) is 0.863. The molecule has 0 radical (unpaired) electrons. The maximum absolute atomic E-state index is 5.74. The third-order valence-corrected chi connectivity index (χ3v) is 3.62. The number of rotatable bonds is 3. The lowest BCUT2D eigenvalue weighted by atomic mass is 10.2. The second kappa shape index (κ2) is 6.15. The van der Waals surface area contributed by atoms with Crippen molar-refractivity contribution in [3.8, 4) is 0 Å². The van der Waals surface area contributed by atoms with Crippen molar-refractivity contribution in [1.82, 2.24) is 20.1 Å². The maximum Gasteiger partial charge on any atom is 0.151 e. The lowest BCUT2D eigenvalue weighted by Gasteiger charge is -2.35. The van der Waals surface area contributed by atoms with Gasteiger partial charge in [0.2, 0.25) is 0 Å². The topological polar surface area (TPSA) is 45.2 Å². The molecule has 0 amide bonds. The van der Waals surface area contributed by atoms with Gasteiger partial charge in [-0.05, 0) is 24.3 Å². The van der Waals surface area contributed by atoms with E-state index in [1.165, 1.54) is 0 Å². The summed E-state index contributed by atoms with van der Waals surface area (Å²) < 4.78 is 0. The molecule has 3 rings (SSSR count). The van der Waals surface area contributed by atoms with Gasteiger partial charge in [-0.1, -0.05) is 17.7 Å². The zero-order chi connectivity index (χ0) is 13.8. The predicted octanol–water partition coefficient (Wildman–Crippen LogP) is 1.85. The molecule has 0 bridgehead atoms. The normalized spacial score (nSPS) is 16.4. The highest BCUT2D eigenvalue weighted by Crippen LogP contribution is 2.14. The lowest BCUT2D eigenvalue weighted by molar-refractivity contribution is 0.246. The molecule has 1 saturated heterocycles. The van der Waals surface area contributed by atoms with Crippen LogP contribution in [0.3, 0.4) is 0 Å². The van der Waals surface area contributed by atoms with Gasteiger partial charge in [0.1, 0.15) is 5.82 Å². The highest BCUT2D eigenvalue weighted by Gasteiger charge is 2.18. The highest BCUT2D eigenvalue weighted by molar-refractivity contribution is 6.29. The summed E-state index contributed by atoms with van der Waals surface area (Å²) >= 11 is 5.74. The SMILES string of the molecule is Clc1ccc(CN2CCN(c3ccccn3)CC2)nn1. The van der Waals surface area contributed by atoms with Crippen LogP contribution >= 0.6 is 11.6 Å². The van der Waals surface area contributed by atoms with Crippen molar-refractivity contribution in [3.05, 3.63) is 47.4 Å². The zero-order valence-corrected chi connectivity index (χ0v) is 11.9. The van der Waals surface area contributed by atoms with E-state index in [0.717, 1.165) is 44.2 Å². The van der Waals surface area contributed by atoms with Gasteiger partial charge in [-0.2, -0.15) is 5.10 Å². The van der Waals surface area contributed by atoms with E-state index in [9.17, 15) is 0 Å². The molecular weight excluding hydrogens is 274 g/mol. The summed E-state index contributed by atoms with van der Waals surface area (Å²) in [6.07, 6.45) is 1.84. The molecule has 0 aliphatic carbocycles. The van der Waals surface area contributed by atoms with E-state index in [1.807, 2.05) is 24.4 Å². The minimum Gasteiger partial charge on any atom is -0.354 e. The van der Waals surface area contributed by atoms with Gasteiger partial charge in [-0.3, -0.25) is 4.90 Å². The summed E-state index contributed by atoms with van der Waals surface area (Å²) in [5.74, 6) is 1.05. The van der Waals surface area contributed by atoms with Gasteiger partial charge in [-0.15, -0.1) is 5.10 Å². The van der Waals surface area contributed by atoms with E-state index in [4.69, 9.17) is 11.6 Å². The molecule has 5 nitrogen and oxygen atoms in total. The molecule has 0 spiro atoms. The molecule has 2 aromatic heterocycles. The summed E-state index contributed by atoms with van der Waals surface area (Å²) in [6, 6.07) is 9.74. The minimum absolute atomic E-state index is 0.439. The standard InChI is InChI=1S/C14H16ClN5/c15-13-5-4-12(17-18-13)11-19-7-9-20(10-8-19)14-3-1-2-6-16-14/h1-6H,7-11H2. The molecule has 3 heterocycles. The summed E-state index contributed by atoms with van der Waals surface area (Å²) in [4.78, 5) is 9.07. The first-order chi connectivity index (χ1) is 9.81. The second-order valence-corrected chi connectivity index (χ2v) is 5.19.